The van der Waals surface area contributed by atoms with Gasteiger partial charge in [0, 0.05) is 10.6 Å². The number of rotatable bonds is 5. The molecule has 2 rings (SSSR count). The molecule has 0 spiro atoms. The van der Waals surface area contributed by atoms with E-state index < -0.39 is 0 Å². The Morgan fingerprint density at radius 1 is 1.42 bits per heavy atom. The fourth-order valence-electron chi connectivity index (χ4n) is 1.70. The van der Waals surface area contributed by atoms with Crippen molar-refractivity contribution in [1.82, 2.24) is 10.1 Å². The van der Waals surface area contributed by atoms with Gasteiger partial charge in [-0.1, -0.05) is 36.2 Å². The molecule has 6 heteroatoms. The molecule has 102 valence electrons. The van der Waals surface area contributed by atoms with Gasteiger partial charge in [0.25, 0.3) is 0 Å². The first-order valence-corrected chi connectivity index (χ1v) is 6.82. The zero-order valence-corrected chi connectivity index (χ0v) is 11.9. The Bertz CT molecular complexity index is 539. The molecule has 0 fully saturated rings. The first-order valence-electron chi connectivity index (χ1n) is 6.01. The minimum Gasteiger partial charge on any atom is -0.339 e. The van der Waals surface area contributed by atoms with Crippen LogP contribution in [-0.4, -0.2) is 10.1 Å². The Kier molecular flexibility index (Phi) is 4.77. The zero-order valence-electron chi connectivity index (χ0n) is 10.4. The maximum atomic E-state index is 13.6. The molecule has 0 saturated heterocycles. The van der Waals surface area contributed by atoms with E-state index in [1.807, 2.05) is 6.92 Å². The molecule has 1 aromatic heterocycles. The van der Waals surface area contributed by atoms with Gasteiger partial charge in [-0.05, 0) is 18.6 Å². The van der Waals surface area contributed by atoms with Crippen LogP contribution in [0.15, 0.2) is 22.7 Å². The number of aromatic nitrogens is 2. The quantitative estimate of drug-likeness (QED) is 0.762. The second-order valence-electron chi connectivity index (χ2n) is 4.18. The number of hydrogen-bond donors (Lipinski definition) is 0. The van der Waals surface area contributed by atoms with Gasteiger partial charge >= 0.3 is 0 Å². The predicted molar refractivity (Wildman–Crippen MR) is 72.0 cm³/mol. The van der Waals surface area contributed by atoms with Crippen molar-refractivity contribution in [2.75, 3.05) is 0 Å². The Morgan fingerprint density at radius 2 is 2.21 bits per heavy atom. The van der Waals surface area contributed by atoms with Gasteiger partial charge in [-0.2, -0.15) is 4.98 Å². The lowest BCUT2D eigenvalue weighted by atomic mass is 10.1. The van der Waals surface area contributed by atoms with E-state index in [0.717, 1.165) is 12.8 Å². The summed E-state index contributed by atoms with van der Waals surface area (Å²) in [6.45, 7) is 2.02. The summed E-state index contributed by atoms with van der Waals surface area (Å²) in [5, 5.41) is 3.87. The van der Waals surface area contributed by atoms with Crippen LogP contribution in [0, 0.1) is 5.82 Å². The molecular formula is C13H13Cl2FN2O. The lowest BCUT2D eigenvalue weighted by molar-refractivity contribution is 0.377. The maximum absolute atomic E-state index is 13.6. The minimum absolute atomic E-state index is 0.161. The van der Waals surface area contributed by atoms with Crippen molar-refractivity contribution in [2.45, 2.75) is 31.6 Å². The summed E-state index contributed by atoms with van der Waals surface area (Å²) in [6.07, 6.45) is 1.85. The molecule has 2 aromatic rings. The number of nitrogens with zero attached hydrogens (tertiary/aromatic N) is 2. The topological polar surface area (TPSA) is 38.9 Å². The Hall–Kier alpha value is -1.13. The van der Waals surface area contributed by atoms with Crippen molar-refractivity contribution < 1.29 is 8.91 Å². The van der Waals surface area contributed by atoms with E-state index in [4.69, 9.17) is 27.7 Å². The molecule has 0 radical (unpaired) electrons. The summed E-state index contributed by atoms with van der Waals surface area (Å²) in [5.74, 6) is 0.359. The molecule has 0 N–H and O–H groups in total. The number of alkyl halides is 1. The Morgan fingerprint density at radius 3 is 2.89 bits per heavy atom. The highest BCUT2D eigenvalue weighted by Gasteiger charge is 2.17. The summed E-state index contributed by atoms with van der Waals surface area (Å²) in [6, 6.07) is 4.52. The second-order valence-corrected chi connectivity index (χ2v) is 5.11. The van der Waals surface area contributed by atoms with Crippen molar-refractivity contribution in [1.29, 1.82) is 0 Å². The Labute approximate surface area is 120 Å². The smallest absolute Gasteiger partial charge is 0.231 e. The first-order chi connectivity index (χ1) is 9.11. The van der Waals surface area contributed by atoms with Gasteiger partial charge in [0.15, 0.2) is 5.82 Å². The summed E-state index contributed by atoms with van der Waals surface area (Å²) < 4.78 is 18.7. The molecular weight excluding hydrogens is 290 g/mol. The molecule has 0 bridgehead atoms. The average Bonchev–Trinajstić information content (AvgIpc) is 2.83. The predicted octanol–water partition coefficient (Wildman–Crippen LogP) is 4.53. The second kappa shape index (κ2) is 6.35. The fourth-order valence-corrected chi connectivity index (χ4v) is 2.24. The van der Waals surface area contributed by atoms with Crippen molar-refractivity contribution in [3.05, 3.63) is 46.3 Å². The van der Waals surface area contributed by atoms with Gasteiger partial charge < -0.3 is 4.52 Å². The highest BCUT2D eigenvalue weighted by molar-refractivity contribution is 6.31. The number of halogens is 3. The van der Waals surface area contributed by atoms with Crippen molar-refractivity contribution in [2.24, 2.45) is 0 Å². The summed E-state index contributed by atoms with van der Waals surface area (Å²) >= 11 is 12.0. The third-order valence-corrected chi connectivity index (χ3v) is 3.46. The monoisotopic (exact) mass is 302 g/mol. The van der Waals surface area contributed by atoms with Crippen molar-refractivity contribution >= 4 is 23.2 Å². The third kappa shape index (κ3) is 3.45. The Balaban J connectivity index is 2.16. The fraction of sp³-hybridized carbons (Fsp3) is 0.385. The van der Waals surface area contributed by atoms with E-state index in [0.29, 0.717) is 22.3 Å². The average molecular weight is 303 g/mol. The highest BCUT2D eigenvalue weighted by Crippen LogP contribution is 2.25. The molecule has 19 heavy (non-hydrogen) atoms. The number of hydrogen-bond acceptors (Lipinski definition) is 3. The standard InChI is InChI=1S/C13H13Cl2FN2O/c1-2-4-10(15)13-17-12(19-18-13)7-8-9(14)5-3-6-11(8)16/h3,5-6,10H,2,4,7H2,1H3. The maximum Gasteiger partial charge on any atom is 0.231 e. The van der Waals surface area contributed by atoms with E-state index >= 15 is 0 Å². The van der Waals surface area contributed by atoms with Gasteiger partial charge in [0.05, 0.1) is 11.8 Å². The van der Waals surface area contributed by atoms with Crippen LogP contribution in [0.1, 0.15) is 42.4 Å². The van der Waals surface area contributed by atoms with Crippen molar-refractivity contribution in [3.63, 3.8) is 0 Å². The van der Waals surface area contributed by atoms with Gasteiger partial charge in [-0.25, -0.2) is 4.39 Å². The van der Waals surface area contributed by atoms with E-state index in [9.17, 15) is 4.39 Å². The molecule has 0 aliphatic carbocycles. The van der Waals surface area contributed by atoms with E-state index in [1.165, 1.54) is 6.07 Å². The molecule has 0 amide bonds. The largest absolute Gasteiger partial charge is 0.339 e. The normalized spacial score (nSPS) is 12.6. The first kappa shape index (κ1) is 14.3. The lowest BCUT2D eigenvalue weighted by Gasteiger charge is -2.02. The van der Waals surface area contributed by atoms with Crippen LogP contribution in [0.4, 0.5) is 4.39 Å². The van der Waals surface area contributed by atoms with Crippen LogP contribution < -0.4 is 0 Å². The van der Waals surface area contributed by atoms with Crippen LogP contribution in [0.5, 0.6) is 0 Å². The van der Waals surface area contributed by atoms with Crippen molar-refractivity contribution in [3.8, 4) is 0 Å². The lowest BCUT2D eigenvalue weighted by Crippen LogP contribution is -1.96. The minimum atomic E-state index is -0.386. The molecule has 1 heterocycles. The van der Waals surface area contributed by atoms with Gasteiger partial charge in [-0.3, -0.25) is 0 Å². The molecule has 0 saturated carbocycles. The van der Waals surface area contributed by atoms with E-state index in [1.54, 1.807) is 12.1 Å². The SMILES string of the molecule is CCCC(Cl)c1noc(Cc2c(F)cccc2Cl)n1. The summed E-state index contributed by atoms with van der Waals surface area (Å²) in [4.78, 5) is 4.17. The molecule has 1 aromatic carbocycles. The molecule has 0 aliphatic heterocycles. The molecule has 0 aliphatic rings. The van der Waals surface area contributed by atoms with Crippen LogP contribution in [0.25, 0.3) is 0 Å². The van der Waals surface area contributed by atoms with Gasteiger partial charge in [-0.15, -0.1) is 11.6 Å². The van der Waals surface area contributed by atoms with Gasteiger partial charge in [0.1, 0.15) is 5.82 Å². The molecule has 1 atom stereocenters. The summed E-state index contributed by atoms with van der Waals surface area (Å²) in [7, 11) is 0. The van der Waals surface area contributed by atoms with Crippen LogP contribution in [0.2, 0.25) is 5.02 Å². The van der Waals surface area contributed by atoms with Crippen LogP contribution >= 0.6 is 23.2 Å². The highest BCUT2D eigenvalue weighted by atomic mass is 35.5. The van der Waals surface area contributed by atoms with Crippen LogP contribution in [0.3, 0.4) is 0 Å². The van der Waals surface area contributed by atoms with E-state index in [2.05, 4.69) is 10.1 Å². The van der Waals surface area contributed by atoms with Gasteiger partial charge in [0.2, 0.25) is 5.89 Å². The third-order valence-electron chi connectivity index (χ3n) is 2.70. The molecule has 1 unspecified atom stereocenters. The molecule has 3 nitrogen and oxygen atoms in total. The van der Waals surface area contributed by atoms with E-state index in [-0.39, 0.29) is 17.6 Å². The number of benzene rings is 1. The summed E-state index contributed by atoms with van der Waals surface area (Å²) in [5.41, 5.74) is 0.348. The van der Waals surface area contributed by atoms with Crippen LogP contribution in [-0.2, 0) is 6.42 Å². The zero-order chi connectivity index (χ0) is 13.8.